The lowest BCUT2D eigenvalue weighted by Gasteiger charge is -2.23. The average Bonchev–Trinajstić information content (AvgIpc) is 1.62. The van der Waals surface area contributed by atoms with Crippen molar-refractivity contribution in [1.29, 1.82) is 0 Å². The quantitative estimate of drug-likeness (QED) is 0.577. The summed E-state index contributed by atoms with van der Waals surface area (Å²) >= 11 is -1.68. The molecule has 0 aromatic carbocycles. The molecule has 2 unspecified atom stereocenters. The van der Waals surface area contributed by atoms with Gasteiger partial charge in [0, 0.05) is 0 Å². The Bertz CT molecular complexity index is 115. The van der Waals surface area contributed by atoms with Crippen molar-refractivity contribution in [2.75, 3.05) is 0 Å². The first-order valence-electron chi connectivity index (χ1n) is 2.95. The van der Waals surface area contributed by atoms with Gasteiger partial charge >= 0.3 is 0 Å². The summed E-state index contributed by atoms with van der Waals surface area (Å²) in [5.74, 6) is 0. The third-order valence-electron chi connectivity index (χ3n) is 1.52. The Balaban J connectivity index is 4.04. The molecule has 3 heteroatoms. The molecular weight excluding hydrogens is 136 g/mol. The molecule has 0 aromatic heterocycles. The monoisotopic (exact) mass is 150 g/mol. The highest BCUT2D eigenvalue weighted by Crippen LogP contribution is 2.22. The van der Waals surface area contributed by atoms with E-state index in [-0.39, 0.29) is 10.7 Å². The Morgan fingerprint density at radius 1 is 1.44 bits per heavy atom. The van der Waals surface area contributed by atoms with E-state index in [0.29, 0.717) is 0 Å². The zero-order valence-electron chi connectivity index (χ0n) is 6.34. The maximum absolute atomic E-state index is 10.5. The van der Waals surface area contributed by atoms with Gasteiger partial charge in [-0.3, -0.25) is 0 Å². The second kappa shape index (κ2) is 2.80. The van der Waals surface area contributed by atoms with E-state index in [0.717, 1.165) is 0 Å². The molecule has 0 heterocycles. The van der Waals surface area contributed by atoms with Gasteiger partial charge in [-0.05, 0) is 12.3 Å². The van der Waals surface area contributed by atoms with Crippen molar-refractivity contribution >= 4 is 11.1 Å². The minimum atomic E-state index is -1.68. The highest BCUT2D eigenvalue weighted by Gasteiger charge is 2.24. The van der Waals surface area contributed by atoms with Crippen LogP contribution in [-0.4, -0.2) is 14.0 Å². The van der Waals surface area contributed by atoms with Gasteiger partial charge in [0.1, 0.15) is 0 Å². The molecule has 0 aromatic rings. The lowest BCUT2D eigenvalue weighted by Crippen LogP contribution is -2.26. The minimum absolute atomic E-state index is 0.0698. The van der Waals surface area contributed by atoms with Crippen molar-refractivity contribution in [2.24, 2.45) is 5.41 Å². The first-order chi connectivity index (χ1) is 3.85. The molecule has 0 saturated carbocycles. The molecule has 56 valence electrons. The molecule has 0 radical (unpaired) electrons. The van der Waals surface area contributed by atoms with Crippen LogP contribution in [-0.2, 0) is 11.1 Å². The molecule has 0 bridgehead atoms. The molecular formula is C6H14O2S. The van der Waals surface area contributed by atoms with Crippen LogP contribution in [0.5, 0.6) is 0 Å². The van der Waals surface area contributed by atoms with E-state index in [1.54, 1.807) is 6.92 Å². The van der Waals surface area contributed by atoms with Gasteiger partial charge in [-0.25, -0.2) is 4.21 Å². The van der Waals surface area contributed by atoms with Crippen molar-refractivity contribution in [3.63, 3.8) is 0 Å². The molecule has 2 nitrogen and oxygen atoms in total. The van der Waals surface area contributed by atoms with Gasteiger partial charge in [-0.2, -0.15) is 0 Å². The van der Waals surface area contributed by atoms with Crippen molar-refractivity contribution in [3.05, 3.63) is 0 Å². The molecule has 0 aliphatic rings. The Hall–Kier alpha value is 0.110. The number of hydrogen-bond donors (Lipinski definition) is 1. The van der Waals surface area contributed by atoms with Gasteiger partial charge in [0.2, 0.25) is 0 Å². The Kier molecular flexibility index (Phi) is 2.83. The average molecular weight is 150 g/mol. The zero-order valence-corrected chi connectivity index (χ0v) is 7.16. The lowest BCUT2D eigenvalue weighted by molar-refractivity contribution is 0.386. The molecule has 0 aliphatic heterocycles. The van der Waals surface area contributed by atoms with E-state index in [9.17, 15) is 4.21 Å². The summed E-state index contributed by atoms with van der Waals surface area (Å²) < 4.78 is 19.1. The topological polar surface area (TPSA) is 37.3 Å². The van der Waals surface area contributed by atoms with E-state index in [4.69, 9.17) is 4.55 Å². The van der Waals surface area contributed by atoms with Gasteiger partial charge in [0.15, 0.2) is 11.1 Å². The Morgan fingerprint density at radius 2 is 1.78 bits per heavy atom. The van der Waals surface area contributed by atoms with E-state index in [1.807, 2.05) is 20.8 Å². The van der Waals surface area contributed by atoms with Crippen LogP contribution in [0.25, 0.3) is 0 Å². The van der Waals surface area contributed by atoms with Crippen LogP contribution in [0.2, 0.25) is 0 Å². The SMILES string of the molecule is CC(S(=O)O)C(C)(C)C. The molecule has 0 saturated heterocycles. The summed E-state index contributed by atoms with van der Waals surface area (Å²) in [4.78, 5) is 0. The minimum Gasteiger partial charge on any atom is -0.306 e. The molecule has 0 fully saturated rings. The van der Waals surface area contributed by atoms with Crippen LogP contribution in [0.4, 0.5) is 0 Å². The summed E-state index contributed by atoms with van der Waals surface area (Å²) in [7, 11) is 0. The largest absolute Gasteiger partial charge is 0.306 e. The maximum atomic E-state index is 10.5. The third-order valence-corrected chi connectivity index (χ3v) is 2.83. The molecule has 1 N–H and O–H groups in total. The first kappa shape index (κ1) is 9.11. The normalized spacial score (nSPS) is 19.2. The smallest absolute Gasteiger partial charge is 0.156 e. The van der Waals surface area contributed by atoms with Crippen molar-refractivity contribution in [3.8, 4) is 0 Å². The predicted octanol–water partition coefficient (Wildman–Crippen LogP) is 1.64. The van der Waals surface area contributed by atoms with Gasteiger partial charge in [0.05, 0.1) is 5.25 Å². The molecule has 0 amide bonds. The van der Waals surface area contributed by atoms with E-state index < -0.39 is 11.1 Å². The molecule has 0 spiro atoms. The summed E-state index contributed by atoms with van der Waals surface area (Å²) in [5, 5.41) is -0.155. The highest BCUT2D eigenvalue weighted by atomic mass is 32.2. The summed E-state index contributed by atoms with van der Waals surface area (Å²) in [6, 6.07) is 0. The molecule has 9 heavy (non-hydrogen) atoms. The fourth-order valence-electron chi connectivity index (χ4n) is 0.302. The molecule has 0 aliphatic carbocycles. The van der Waals surface area contributed by atoms with Crippen LogP contribution in [0, 0.1) is 5.41 Å². The molecule has 2 atom stereocenters. The van der Waals surface area contributed by atoms with Gasteiger partial charge in [-0.15, -0.1) is 0 Å². The Morgan fingerprint density at radius 3 is 1.78 bits per heavy atom. The first-order valence-corrected chi connectivity index (χ1v) is 4.12. The second-order valence-corrected chi connectivity index (χ2v) is 4.54. The predicted molar refractivity (Wildman–Crippen MR) is 39.7 cm³/mol. The van der Waals surface area contributed by atoms with Crippen LogP contribution in [0.3, 0.4) is 0 Å². The third kappa shape index (κ3) is 2.96. The van der Waals surface area contributed by atoms with Crippen LogP contribution >= 0.6 is 0 Å². The van der Waals surface area contributed by atoms with Gasteiger partial charge in [-0.1, -0.05) is 20.8 Å². The second-order valence-electron chi connectivity index (χ2n) is 3.28. The lowest BCUT2D eigenvalue weighted by atomic mass is 9.93. The zero-order chi connectivity index (χ0) is 7.65. The molecule has 0 rings (SSSR count). The standard InChI is InChI=1S/C6H14O2S/c1-5(9(7)8)6(2,3)4/h5H,1-4H3,(H,7,8). The van der Waals surface area contributed by atoms with Crippen molar-refractivity contribution < 1.29 is 8.76 Å². The van der Waals surface area contributed by atoms with E-state index in [2.05, 4.69) is 0 Å². The fourth-order valence-corrected chi connectivity index (χ4v) is 0.907. The summed E-state index contributed by atoms with van der Waals surface area (Å²) in [6.45, 7) is 7.62. The van der Waals surface area contributed by atoms with Crippen LogP contribution < -0.4 is 0 Å². The number of hydrogen-bond acceptors (Lipinski definition) is 1. The summed E-state index contributed by atoms with van der Waals surface area (Å²) in [5.41, 5.74) is -0.0698. The highest BCUT2D eigenvalue weighted by molar-refractivity contribution is 7.79. The van der Waals surface area contributed by atoms with E-state index >= 15 is 0 Å². The van der Waals surface area contributed by atoms with Crippen LogP contribution in [0.15, 0.2) is 0 Å². The maximum Gasteiger partial charge on any atom is 0.156 e. The van der Waals surface area contributed by atoms with E-state index in [1.165, 1.54) is 0 Å². The van der Waals surface area contributed by atoms with Gasteiger partial charge in [0.25, 0.3) is 0 Å². The Labute approximate surface area is 58.9 Å². The van der Waals surface area contributed by atoms with Crippen molar-refractivity contribution in [1.82, 2.24) is 0 Å². The fraction of sp³-hybridized carbons (Fsp3) is 1.00. The summed E-state index contributed by atoms with van der Waals surface area (Å²) in [6.07, 6.45) is 0. The number of rotatable bonds is 1. The van der Waals surface area contributed by atoms with Crippen molar-refractivity contribution in [2.45, 2.75) is 32.9 Å². The van der Waals surface area contributed by atoms with Crippen LogP contribution in [0.1, 0.15) is 27.7 Å². The van der Waals surface area contributed by atoms with Gasteiger partial charge < -0.3 is 4.55 Å².